The molecule has 2 nitrogen and oxygen atoms in total. The molecule has 1 aliphatic heterocycles. The van der Waals surface area contributed by atoms with Crippen molar-refractivity contribution in [2.75, 3.05) is 13.1 Å². The van der Waals surface area contributed by atoms with Crippen LogP contribution in [0.5, 0.6) is 0 Å². The van der Waals surface area contributed by atoms with Gasteiger partial charge < -0.3 is 4.90 Å². The van der Waals surface area contributed by atoms with Crippen molar-refractivity contribution in [1.82, 2.24) is 4.90 Å². The highest BCUT2D eigenvalue weighted by molar-refractivity contribution is 4.94. The summed E-state index contributed by atoms with van der Waals surface area (Å²) in [4.78, 5) is 2.00. The minimum Gasteiger partial charge on any atom is -0.364 e. The average Bonchev–Trinajstić information content (AvgIpc) is 2.19. The van der Waals surface area contributed by atoms with E-state index in [9.17, 15) is 0 Å². The van der Waals surface area contributed by atoms with Crippen LogP contribution in [0.15, 0.2) is 12.3 Å². The molecule has 0 fully saturated rings. The van der Waals surface area contributed by atoms with Gasteiger partial charge in [-0.25, -0.2) is 0 Å². The fraction of sp³-hybridized carbons (Fsp3) is 0.500. The van der Waals surface area contributed by atoms with E-state index in [1.54, 1.807) is 0 Å². The topological polar surface area (TPSA) is 27.0 Å². The Kier molecular flexibility index (Phi) is 1.53. The van der Waals surface area contributed by atoms with Crippen LogP contribution in [-0.4, -0.2) is 18.0 Å². The maximum absolute atomic E-state index is 8.20. The van der Waals surface area contributed by atoms with Crippen molar-refractivity contribution >= 4 is 0 Å². The highest BCUT2D eigenvalue weighted by Gasteiger charge is 2.00. The second-order valence-corrected chi connectivity index (χ2v) is 1.80. The van der Waals surface area contributed by atoms with E-state index in [0.29, 0.717) is 6.54 Å². The van der Waals surface area contributed by atoms with Crippen molar-refractivity contribution in [3.8, 4) is 6.07 Å². The minimum absolute atomic E-state index is 0.538. The molecule has 0 spiro atoms. The lowest BCUT2D eigenvalue weighted by Gasteiger charge is -2.07. The average molecular weight is 108 g/mol. The van der Waals surface area contributed by atoms with E-state index in [-0.39, 0.29) is 0 Å². The molecule has 0 aromatic rings. The van der Waals surface area contributed by atoms with Gasteiger partial charge in [0, 0.05) is 6.54 Å². The van der Waals surface area contributed by atoms with E-state index >= 15 is 0 Å². The zero-order chi connectivity index (χ0) is 5.82. The van der Waals surface area contributed by atoms with Gasteiger partial charge in [-0.15, -0.1) is 0 Å². The van der Waals surface area contributed by atoms with Gasteiger partial charge in [-0.05, 0) is 12.6 Å². The molecule has 1 aliphatic rings. The van der Waals surface area contributed by atoms with Gasteiger partial charge in [0.1, 0.15) is 6.54 Å². The Labute approximate surface area is 49.0 Å². The Bertz CT molecular complexity index is 132. The highest BCUT2D eigenvalue weighted by atomic mass is 15.1. The van der Waals surface area contributed by atoms with Crippen LogP contribution in [0.3, 0.4) is 0 Å². The molecule has 0 aromatic heterocycles. The lowest BCUT2D eigenvalue weighted by Crippen LogP contribution is -2.13. The lowest BCUT2D eigenvalue weighted by atomic mass is 10.5. The van der Waals surface area contributed by atoms with Crippen LogP contribution < -0.4 is 0 Å². The molecule has 1 rings (SSSR count). The zero-order valence-electron chi connectivity index (χ0n) is 4.67. The quantitative estimate of drug-likeness (QED) is 0.463. The molecule has 0 bridgehead atoms. The van der Waals surface area contributed by atoms with Crippen molar-refractivity contribution < 1.29 is 0 Å². The first-order chi connectivity index (χ1) is 3.93. The molecule has 0 radical (unpaired) electrons. The fourth-order valence-corrected chi connectivity index (χ4v) is 0.761. The van der Waals surface area contributed by atoms with Gasteiger partial charge in [0.2, 0.25) is 0 Å². The molecule has 0 amide bonds. The Morgan fingerprint density at radius 2 is 2.62 bits per heavy atom. The third kappa shape index (κ3) is 1.00. The lowest BCUT2D eigenvalue weighted by molar-refractivity contribution is 0.455. The second-order valence-electron chi connectivity index (χ2n) is 1.80. The van der Waals surface area contributed by atoms with E-state index in [2.05, 4.69) is 12.1 Å². The first-order valence-electron chi connectivity index (χ1n) is 2.71. The summed E-state index contributed by atoms with van der Waals surface area (Å²) in [5.41, 5.74) is 0. The summed E-state index contributed by atoms with van der Waals surface area (Å²) in [7, 11) is 0. The van der Waals surface area contributed by atoms with E-state index in [4.69, 9.17) is 5.26 Å². The Balaban J connectivity index is 2.28. The largest absolute Gasteiger partial charge is 0.364 e. The normalized spacial score (nSPS) is 16.6. The van der Waals surface area contributed by atoms with Crippen LogP contribution in [0.2, 0.25) is 0 Å². The second kappa shape index (κ2) is 2.37. The van der Waals surface area contributed by atoms with Crippen LogP contribution in [0.1, 0.15) is 6.42 Å². The Morgan fingerprint density at radius 3 is 3.12 bits per heavy atom. The third-order valence-electron chi connectivity index (χ3n) is 1.17. The number of hydrogen-bond acceptors (Lipinski definition) is 2. The SMILES string of the molecule is N#CCN1C=CCC1. The summed E-state index contributed by atoms with van der Waals surface area (Å²) in [6.07, 6.45) is 5.15. The van der Waals surface area contributed by atoms with Gasteiger partial charge in [0.25, 0.3) is 0 Å². The molecular formula is C6H8N2. The molecule has 0 atom stereocenters. The molecule has 1 heterocycles. The van der Waals surface area contributed by atoms with Crippen LogP contribution in [0, 0.1) is 11.3 Å². The van der Waals surface area contributed by atoms with E-state index in [1.165, 1.54) is 0 Å². The molecule has 0 saturated carbocycles. The van der Waals surface area contributed by atoms with Crippen molar-refractivity contribution in [2.45, 2.75) is 6.42 Å². The van der Waals surface area contributed by atoms with Crippen molar-refractivity contribution in [1.29, 1.82) is 5.26 Å². The first kappa shape index (κ1) is 5.17. The third-order valence-corrected chi connectivity index (χ3v) is 1.17. The molecule has 0 saturated heterocycles. The molecule has 0 aliphatic carbocycles. The van der Waals surface area contributed by atoms with Crippen molar-refractivity contribution in [2.24, 2.45) is 0 Å². The Hall–Kier alpha value is -0.970. The first-order valence-corrected chi connectivity index (χ1v) is 2.71. The predicted octanol–water partition coefficient (Wildman–Crippen LogP) is 0.729. The van der Waals surface area contributed by atoms with E-state index in [0.717, 1.165) is 13.0 Å². The summed E-state index contributed by atoms with van der Waals surface area (Å²) in [6, 6.07) is 2.08. The predicted molar refractivity (Wildman–Crippen MR) is 30.9 cm³/mol. The minimum atomic E-state index is 0.538. The summed E-state index contributed by atoms with van der Waals surface area (Å²) >= 11 is 0. The molecular weight excluding hydrogens is 100 g/mol. The highest BCUT2D eigenvalue weighted by Crippen LogP contribution is 2.01. The van der Waals surface area contributed by atoms with Crippen LogP contribution in [0.25, 0.3) is 0 Å². The summed E-state index contributed by atoms with van der Waals surface area (Å²) in [6.45, 7) is 1.56. The molecule has 0 N–H and O–H groups in total. The van der Waals surface area contributed by atoms with Gasteiger partial charge in [-0.3, -0.25) is 0 Å². The molecule has 2 heteroatoms. The maximum Gasteiger partial charge on any atom is 0.105 e. The van der Waals surface area contributed by atoms with E-state index < -0.39 is 0 Å². The van der Waals surface area contributed by atoms with Crippen molar-refractivity contribution in [3.63, 3.8) is 0 Å². The molecule has 8 heavy (non-hydrogen) atoms. The standard InChI is InChI=1S/C6H8N2/c7-3-6-8-4-1-2-5-8/h1,4H,2,5-6H2. The Morgan fingerprint density at radius 1 is 1.75 bits per heavy atom. The van der Waals surface area contributed by atoms with Gasteiger partial charge in [-0.1, -0.05) is 6.08 Å². The maximum atomic E-state index is 8.20. The smallest absolute Gasteiger partial charge is 0.105 e. The number of hydrogen-bond donors (Lipinski definition) is 0. The zero-order valence-corrected chi connectivity index (χ0v) is 4.67. The summed E-state index contributed by atoms with van der Waals surface area (Å²) in [5, 5.41) is 8.20. The van der Waals surface area contributed by atoms with Gasteiger partial charge in [-0.2, -0.15) is 5.26 Å². The van der Waals surface area contributed by atoms with Crippen molar-refractivity contribution in [3.05, 3.63) is 12.3 Å². The van der Waals surface area contributed by atoms with E-state index in [1.807, 2.05) is 11.1 Å². The van der Waals surface area contributed by atoms with Gasteiger partial charge in [0.05, 0.1) is 6.07 Å². The monoisotopic (exact) mass is 108 g/mol. The summed E-state index contributed by atoms with van der Waals surface area (Å²) < 4.78 is 0. The summed E-state index contributed by atoms with van der Waals surface area (Å²) in [5.74, 6) is 0. The molecule has 0 aromatic carbocycles. The van der Waals surface area contributed by atoms with Crippen LogP contribution >= 0.6 is 0 Å². The molecule has 42 valence electrons. The van der Waals surface area contributed by atoms with Gasteiger partial charge in [0.15, 0.2) is 0 Å². The number of rotatable bonds is 1. The van der Waals surface area contributed by atoms with Gasteiger partial charge >= 0.3 is 0 Å². The number of nitriles is 1. The van der Waals surface area contributed by atoms with Crippen LogP contribution in [0.4, 0.5) is 0 Å². The van der Waals surface area contributed by atoms with Crippen LogP contribution in [-0.2, 0) is 0 Å². The molecule has 0 unspecified atom stereocenters. The number of nitrogens with zero attached hydrogens (tertiary/aromatic N) is 2. The fourth-order valence-electron chi connectivity index (χ4n) is 0.761.